The van der Waals surface area contributed by atoms with Crippen LogP contribution in [0.4, 0.5) is 11.4 Å². The first kappa shape index (κ1) is 8.40. The molecule has 1 aromatic carbocycles. The lowest BCUT2D eigenvalue weighted by molar-refractivity contribution is 1.21. The van der Waals surface area contributed by atoms with Crippen LogP contribution in [-0.2, 0) is 0 Å². The molecule has 0 spiro atoms. The average molecular weight is 215 g/mol. The zero-order valence-electron chi connectivity index (χ0n) is 6.39. The Balaban J connectivity index is 2.90. The molecule has 0 unspecified atom stereocenters. The largest absolute Gasteiger partial charge is 0.399 e. The van der Waals surface area contributed by atoms with Gasteiger partial charge in [0.25, 0.3) is 0 Å². The molecule has 0 aliphatic rings. The van der Waals surface area contributed by atoms with Gasteiger partial charge in [-0.05, 0) is 41.1 Å². The summed E-state index contributed by atoms with van der Waals surface area (Å²) in [5.41, 5.74) is 7.43. The zero-order chi connectivity index (χ0) is 8.27. The van der Waals surface area contributed by atoms with E-state index >= 15 is 0 Å². The van der Waals surface area contributed by atoms with Crippen LogP contribution in [0.1, 0.15) is 6.92 Å². The standard InChI is InChI=1S/C8H11BrN2/c1-2-11-8-4-3-6(10)5-7(8)9/h3-5,11H,2,10H2,1H3. The Labute approximate surface area is 74.9 Å². The summed E-state index contributed by atoms with van der Waals surface area (Å²) in [5, 5.41) is 3.20. The molecule has 0 aromatic heterocycles. The van der Waals surface area contributed by atoms with Crippen molar-refractivity contribution in [2.24, 2.45) is 0 Å². The summed E-state index contributed by atoms with van der Waals surface area (Å²) < 4.78 is 1.01. The fourth-order valence-electron chi connectivity index (χ4n) is 0.865. The third-order valence-corrected chi connectivity index (χ3v) is 2.02. The minimum atomic E-state index is 0.776. The van der Waals surface area contributed by atoms with E-state index in [1.54, 1.807) is 0 Å². The smallest absolute Gasteiger partial charge is 0.0486 e. The zero-order valence-corrected chi connectivity index (χ0v) is 7.98. The molecule has 0 aliphatic carbocycles. The molecule has 0 saturated heterocycles. The van der Waals surface area contributed by atoms with Gasteiger partial charge in [0.1, 0.15) is 0 Å². The second-order valence-electron chi connectivity index (χ2n) is 2.27. The highest BCUT2D eigenvalue weighted by molar-refractivity contribution is 9.10. The van der Waals surface area contributed by atoms with E-state index in [2.05, 4.69) is 28.2 Å². The molecule has 0 amide bonds. The molecule has 0 radical (unpaired) electrons. The van der Waals surface area contributed by atoms with E-state index in [1.807, 2.05) is 18.2 Å². The molecule has 60 valence electrons. The van der Waals surface area contributed by atoms with Crippen molar-refractivity contribution in [3.63, 3.8) is 0 Å². The number of nitrogen functional groups attached to an aromatic ring is 1. The van der Waals surface area contributed by atoms with Crippen molar-refractivity contribution < 1.29 is 0 Å². The minimum absolute atomic E-state index is 0.776. The Morgan fingerprint density at radius 2 is 2.27 bits per heavy atom. The summed E-state index contributed by atoms with van der Waals surface area (Å²) in [4.78, 5) is 0. The first-order chi connectivity index (χ1) is 5.24. The number of benzene rings is 1. The average Bonchev–Trinajstić information content (AvgIpc) is 1.95. The molecule has 3 heteroatoms. The number of nitrogens with two attached hydrogens (primary N) is 1. The van der Waals surface area contributed by atoms with Gasteiger partial charge < -0.3 is 11.1 Å². The lowest BCUT2D eigenvalue weighted by Crippen LogP contribution is -1.97. The number of nitrogens with one attached hydrogen (secondary N) is 1. The van der Waals surface area contributed by atoms with Crippen molar-refractivity contribution in [2.75, 3.05) is 17.6 Å². The Hall–Kier alpha value is -0.700. The third-order valence-electron chi connectivity index (χ3n) is 1.36. The predicted molar refractivity (Wildman–Crippen MR) is 52.7 cm³/mol. The van der Waals surface area contributed by atoms with E-state index in [4.69, 9.17) is 5.73 Å². The van der Waals surface area contributed by atoms with Crippen LogP contribution >= 0.6 is 15.9 Å². The van der Waals surface area contributed by atoms with Gasteiger partial charge in [0.05, 0.1) is 0 Å². The Morgan fingerprint density at radius 1 is 1.55 bits per heavy atom. The maximum absolute atomic E-state index is 5.57. The van der Waals surface area contributed by atoms with Crippen LogP contribution in [0.3, 0.4) is 0 Å². The number of hydrogen-bond acceptors (Lipinski definition) is 2. The molecule has 11 heavy (non-hydrogen) atoms. The highest BCUT2D eigenvalue weighted by Gasteiger charge is 1.96. The van der Waals surface area contributed by atoms with Crippen LogP contribution in [0.5, 0.6) is 0 Å². The maximum Gasteiger partial charge on any atom is 0.0486 e. The lowest BCUT2D eigenvalue weighted by atomic mass is 10.3. The summed E-state index contributed by atoms with van der Waals surface area (Å²) >= 11 is 3.41. The summed E-state index contributed by atoms with van der Waals surface area (Å²) in [5.74, 6) is 0. The lowest BCUT2D eigenvalue weighted by Gasteiger charge is -2.05. The van der Waals surface area contributed by atoms with E-state index in [1.165, 1.54) is 0 Å². The monoisotopic (exact) mass is 214 g/mol. The summed E-state index contributed by atoms with van der Waals surface area (Å²) in [6, 6.07) is 5.73. The van der Waals surface area contributed by atoms with Crippen LogP contribution in [-0.4, -0.2) is 6.54 Å². The molecule has 1 rings (SSSR count). The Kier molecular flexibility index (Phi) is 2.76. The van der Waals surface area contributed by atoms with Crippen molar-refractivity contribution in [1.82, 2.24) is 0 Å². The highest BCUT2D eigenvalue weighted by Crippen LogP contribution is 2.24. The van der Waals surface area contributed by atoms with Crippen LogP contribution in [0.2, 0.25) is 0 Å². The molecule has 0 atom stereocenters. The molecule has 0 saturated carbocycles. The van der Waals surface area contributed by atoms with Gasteiger partial charge in [0.15, 0.2) is 0 Å². The molecule has 3 N–H and O–H groups in total. The first-order valence-corrected chi connectivity index (χ1v) is 4.32. The molecule has 0 aliphatic heterocycles. The number of rotatable bonds is 2. The SMILES string of the molecule is CCNc1ccc(N)cc1Br. The van der Waals surface area contributed by atoms with Gasteiger partial charge in [-0.3, -0.25) is 0 Å². The highest BCUT2D eigenvalue weighted by atomic mass is 79.9. The number of anilines is 2. The quantitative estimate of drug-likeness (QED) is 0.743. The van der Waals surface area contributed by atoms with Crippen LogP contribution in [0, 0.1) is 0 Å². The van der Waals surface area contributed by atoms with Gasteiger partial charge in [-0.25, -0.2) is 0 Å². The van der Waals surface area contributed by atoms with Gasteiger partial charge in [-0.1, -0.05) is 0 Å². The van der Waals surface area contributed by atoms with E-state index < -0.39 is 0 Å². The van der Waals surface area contributed by atoms with Crippen molar-refractivity contribution in [3.05, 3.63) is 22.7 Å². The molecule has 0 fully saturated rings. The summed E-state index contributed by atoms with van der Waals surface area (Å²) in [6.07, 6.45) is 0. The molecular weight excluding hydrogens is 204 g/mol. The van der Waals surface area contributed by atoms with Crippen molar-refractivity contribution in [3.8, 4) is 0 Å². The van der Waals surface area contributed by atoms with Gasteiger partial charge in [-0.15, -0.1) is 0 Å². The molecule has 1 aromatic rings. The third kappa shape index (κ3) is 2.12. The van der Waals surface area contributed by atoms with Crippen molar-refractivity contribution in [1.29, 1.82) is 0 Å². The van der Waals surface area contributed by atoms with Crippen LogP contribution in [0.15, 0.2) is 22.7 Å². The second kappa shape index (κ2) is 3.62. The normalized spacial score (nSPS) is 9.64. The van der Waals surface area contributed by atoms with Crippen molar-refractivity contribution >= 4 is 27.3 Å². The van der Waals surface area contributed by atoms with E-state index in [9.17, 15) is 0 Å². The van der Waals surface area contributed by atoms with Crippen LogP contribution in [0.25, 0.3) is 0 Å². The first-order valence-electron chi connectivity index (χ1n) is 3.53. The fourth-order valence-corrected chi connectivity index (χ4v) is 1.40. The molecular formula is C8H11BrN2. The maximum atomic E-state index is 5.57. The summed E-state index contributed by atoms with van der Waals surface area (Å²) in [7, 11) is 0. The fraction of sp³-hybridized carbons (Fsp3) is 0.250. The van der Waals surface area contributed by atoms with E-state index in [0.717, 1.165) is 22.4 Å². The molecule has 2 nitrogen and oxygen atoms in total. The predicted octanol–water partition coefficient (Wildman–Crippen LogP) is 2.46. The minimum Gasteiger partial charge on any atom is -0.399 e. The van der Waals surface area contributed by atoms with Gasteiger partial charge in [0, 0.05) is 22.4 Å². The number of halogens is 1. The van der Waals surface area contributed by atoms with Gasteiger partial charge in [0.2, 0.25) is 0 Å². The Morgan fingerprint density at radius 3 is 2.82 bits per heavy atom. The number of hydrogen-bond donors (Lipinski definition) is 2. The second-order valence-corrected chi connectivity index (χ2v) is 3.12. The Bertz CT molecular complexity index is 248. The molecule has 0 bridgehead atoms. The topological polar surface area (TPSA) is 38.0 Å². The van der Waals surface area contributed by atoms with Gasteiger partial charge in [-0.2, -0.15) is 0 Å². The van der Waals surface area contributed by atoms with Crippen LogP contribution < -0.4 is 11.1 Å². The van der Waals surface area contributed by atoms with Gasteiger partial charge >= 0.3 is 0 Å². The van der Waals surface area contributed by atoms with E-state index in [0.29, 0.717) is 0 Å². The molecule has 0 heterocycles. The summed E-state index contributed by atoms with van der Waals surface area (Å²) in [6.45, 7) is 2.98. The van der Waals surface area contributed by atoms with Crippen molar-refractivity contribution in [2.45, 2.75) is 6.92 Å². The van der Waals surface area contributed by atoms with E-state index in [-0.39, 0.29) is 0 Å².